The van der Waals surface area contributed by atoms with Gasteiger partial charge in [0.1, 0.15) is 5.01 Å². The summed E-state index contributed by atoms with van der Waals surface area (Å²) >= 11 is 1.45. The fourth-order valence-corrected chi connectivity index (χ4v) is 3.47. The van der Waals surface area contributed by atoms with Crippen molar-refractivity contribution in [3.63, 3.8) is 0 Å². The van der Waals surface area contributed by atoms with Gasteiger partial charge in [-0.1, -0.05) is 6.92 Å². The number of nitrogens with zero attached hydrogens (tertiary/aromatic N) is 1. The maximum absolute atomic E-state index is 12.1. The fourth-order valence-electron chi connectivity index (χ4n) is 1.66. The molecule has 0 saturated heterocycles. The van der Waals surface area contributed by atoms with Crippen molar-refractivity contribution in [2.75, 3.05) is 6.54 Å². The molecule has 0 radical (unpaired) electrons. The van der Waals surface area contributed by atoms with Gasteiger partial charge < -0.3 is 10.3 Å². The second-order valence-electron chi connectivity index (χ2n) is 4.35. The Labute approximate surface area is 122 Å². The van der Waals surface area contributed by atoms with Crippen LogP contribution in [0.2, 0.25) is 0 Å². The largest absolute Gasteiger partial charge is 0.363 e. The molecule has 2 aromatic heterocycles. The standard InChI is InChI=1S/C12H18N4O2S2/c1-3-13-5-10-4-11(6-14-10)20(17,18)15-7-12-16-9(2)8-19-12/h4,6,8,13-15H,3,5,7H2,1-2H3. The molecule has 0 bridgehead atoms. The van der Waals surface area contributed by atoms with Gasteiger partial charge >= 0.3 is 0 Å². The van der Waals surface area contributed by atoms with E-state index in [1.54, 1.807) is 6.07 Å². The van der Waals surface area contributed by atoms with Crippen molar-refractivity contribution in [1.29, 1.82) is 0 Å². The number of rotatable bonds is 7. The molecule has 0 aromatic carbocycles. The number of aromatic nitrogens is 2. The molecule has 110 valence electrons. The zero-order chi connectivity index (χ0) is 14.6. The Hall–Kier alpha value is -1.22. The molecule has 0 aliphatic rings. The summed E-state index contributed by atoms with van der Waals surface area (Å²) in [6.07, 6.45) is 1.50. The summed E-state index contributed by atoms with van der Waals surface area (Å²) in [4.78, 5) is 7.43. The smallest absolute Gasteiger partial charge is 0.242 e. The minimum Gasteiger partial charge on any atom is -0.363 e. The topological polar surface area (TPSA) is 86.9 Å². The van der Waals surface area contributed by atoms with Crippen molar-refractivity contribution < 1.29 is 8.42 Å². The lowest BCUT2D eigenvalue weighted by molar-refractivity contribution is 0.581. The molecule has 0 spiro atoms. The summed E-state index contributed by atoms with van der Waals surface area (Å²) in [5, 5.41) is 5.79. The predicted molar refractivity (Wildman–Crippen MR) is 79.0 cm³/mol. The fraction of sp³-hybridized carbons (Fsp3) is 0.417. The van der Waals surface area contributed by atoms with Gasteiger partial charge in [0.25, 0.3) is 0 Å². The van der Waals surface area contributed by atoms with Gasteiger partial charge in [-0.2, -0.15) is 0 Å². The van der Waals surface area contributed by atoms with Gasteiger partial charge in [0, 0.05) is 29.5 Å². The summed E-state index contributed by atoms with van der Waals surface area (Å²) in [6, 6.07) is 1.64. The van der Waals surface area contributed by atoms with Crippen LogP contribution in [0.25, 0.3) is 0 Å². The zero-order valence-electron chi connectivity index (χ0n) is 11.4. The molecule has 0 saturated carbocycles. The Balaban J connectivity index is 2.00. The van der Waals surface area contributed by atoms with Crippen molar-refractivity contribution in [2.45, 2.75) is 31.8 Å². The maximum Gasteiger partial charge on any atom is 0.242 e. The van der Waals surface area contributed by atoms with E-state index < -0.39 is 10.0 Å². The SMILES string of the molecule is CCNCc1cc(S(=O)(=O)NCc2nc(C)cs2)c[nH]1. The minimum absolute atomic E-state index is 0.217. The van der Waals surface area contributed by atoms with E-state index in [-0.39, 0.29) is 11.4 Å². The lowest BCUT2D eigenvalue weighted by Crippen LogP contribution is -2.22. The Kier molecular flexibility index (Phi) is 4.92. The molecule has 8 heteroatoms. The third-order valence-electron chi connectivity index (χ3n) is 2.67. The molecular formula is C12H18N4O2S2. The monoisotopic (exact) mass is 314 g/mol. The Bertz CT molecular complexity index is 661. The van der Waals surface area contributed by atoms with Gasteiger partial charge in [-0.25, -0.2) is 18.1 Å². The highest BCUT2D eigenvalue weighted by atomic mass is 32.2. The van der Waals surface area contributed by atoms with E-state index in [0.717, 1.165) is 22.9 Å². The van der Waals surface area contributed by atoms with Gasteiger partial charge in [0.05, 0.1) is 11.4 Å². The van der Waals surface area contributed by atoms with Crippen molar-refractivity contribution in [3.8, 4) is 0 Å². The van der Waals surface area contributed by atoms with Crippen LogP contribution in [0.4, 0.5) is 0 Å². The lowest BCUT2D eigenvalue weighted by atomic mass is 10.4. The summed E-state index contributed by atoms with van der Waals surface area (Å²) in [5.41, 5.74) is 1.75. The molecule has 6 nitrogen and oxygen atoms in total. The molecule has 2 heterocycles. The Morgan fingerprint density at radius 2 is 2.20 bits per heavy atom. The highest BCUT2D eigenvalue weighted by molar-refractivity contribution is 7.89. The number of hydrogen-bond acceptors (Lipinski definition) is 5. The molecule has 0 aliphatic carbocycles. The van der Waals surface area contributed by atoms with Gasteiger partial charge in [-0.3, -0.25) is 0 Å². The molecule has 0 aliphatic heterocycles. The normalized spacial score (nSPS) is 11.9. The van der Waals surface area contributed by atoms with Crippen LogP contribution in [0.15, 0.2) is 22.5 Å². The molecule has 20 heavy (non-hydrogen) atoms. The van der Waals surface area contributed by atoms with Gasteiger partial charge in [0.2, 0.25) is 10.0 Å². The van der Waals surface area contributed by atoms with Crippen LogP contribution in [0.1, 0.15) is 23.3 Å². The average molecular weight is 314 g/mol. The first-order chi connectivity index (χ1) is 9.51. The lowest BCUT2D eigenvalue weighted by Gasteiger charge is -2.02. The molecule has 0 amide bonds. The van der Waals surface area contributed by atoms with E-state index >= 15 is 0 Å². The zero-order valence-corrected chi connectivity index (χ0v) is 13.1. The van der Waals surface area contributed by atoms with Crippen LogP contribution < -0.4 is 10.0 Å². The Morgan fingerprint density at radius 1 is 1.40 bits per heavy atom. The van der Waals surface area contributed by atoms with Crippen LogP contribution >= 0.6 is 11.3 Å². The van der Waals surface area contributed by atoms with Crippen molar-refractivity contribution in [2.24, 2.45) is 0 Å². The van der Waals surface area contributed by atoms with Crippen molar-refractivity contribution in [1.82, 2.24) is 20.0 Å². The second-order valence-corrected chi connectivity index (χ2v) is 7.06. The third-order valence-corrected chi connectivity index (χ3v) is 5.02. The summed E-state index contributed by atoms with van der Waals surface area (Å²) in [6.45, 7) is 5.56. The summed E-state index contributed by atoms with van der Waals surface area (Å²) in [5.74, 6) is 0. The number of H-pyrrole nitrogens is 1. The quantitative estimate of drug-likeness (QED) is 0.720. The summed E-state index contributed by atoms with van der Waals surface area (Å²) in [7, 11) is -3.50. The molecule has 0 atom stereocenters. The molecule has 0 fully saturated rings. The van der Waals surface area contributed by atoms with E-state index in [1.165, 1.54) is 17.5 Å². The van der Waals surface area contributed by atoms with E-state index in [2.05, 4.69) is 20.0 Å². The van der Waals surface area contributed by atoms with E-state index in [4.69, 9.17) is 0 Å². The molecule has 2 aromatic rings. The first-order valence-electron chi connectivity index (χ1n) is 6.30. The van der Waals surface area contributed by atoms with E-state index in [0.29, 0.717) is 6.54 Å². The number of aromatic amines is 1. The van der Waals surface area contributed by atoms with Crippen LogP contribution in [0.5, 0.6) is 0 Å². The summed E-state index contributed by atoms with van der Waals surface area (Å²) < 4.78 is 26.8. The maximum atomic E-state index is 12.1. The van der Waals surface area contributed by atoms with Gasteiger partial charge in [-0.15, -0.1) is 11.3 Å². The Morgan fingerprint density at radius 3 is 2.85 bits per heavy atom. The molecule has 3 N–H and O–H groups in total. The number of sulfonamides is 1. The number of nitrogens with one attached hydrogen (secondary N) is 3. The molecule has 2 rings (SSSR count). The first-order valence-corrected chi connectivity index (χ1v) is 8.66. The number of hydrogen-bond donors (Lipinski definition) is 3. The van der Waals surface area contributed by atoms with Crippen LogP contribution in [0.3, 0.4) is 0 Å². The molecular weight excluding hydrogens is 296 g/mol. The number of aryl methyl sites for hydroxylation is 1. The van der Waals surface area contributed by atoms with Crippen LogP contribution in [0, 0.1) is 6.92 Å². The highest BCUT2D eigenvalue weighted by Crippen LogP contribution is 2.13. The minimum atomic E-state index is -3.50. The molecule has 0 unspecified atom stereocenters. The van der Waals surface area contributed by atoms with Crippen LogP contribution in [-0.4, -0.2) is 24.9 Å². The van der Waals surface area contributed by atoms with Gasteiger partial charge in [0.15, 0.2) is 0 Å². The van der Waals surface area contributed by atoms with E-state index in [1.807, 2.05) is 19.2 Å². The van der Waals surface area contributed by atoms with Crippen molar-refractivity contribution >= 4 is 21.4 Å². The predicted octanol–water partition coefficient (Wildman–Crippen LogP) is 1.37. The van der Waals surface area contributed by atoms with Gasteiger partial charge in [-0.05, 0) is 19.5 Å². The highest BCUT2D eigenvalue weighted by Gasteiger charge is 2.16. The number of thiazole rings is 1. The third kappa shape index (κ3) is 3.89. The van der Waals surface area contributed by atoms with Crippen molar-refractivity contribution in [3.05, 3.63) is 34.0 Å². The average Bonchev–Trinajstić information content (AvgIpc) is 3.03. The van der Waals surface area contributed by atoms with Crippen LogP contribution in [-0.2, 0) is 23.1 Å². The first kappa shape index (κ1) is 15.2. The second kappa shape index (κ2) is 6.49. The van der Waals surface area contributed by atoms with E-state index in [9.17, 15) is 8.42 Å².